The van der Waals surface area contributed by atoms with E-state index in [1.54, 1.807) is 0 Å². The number of fused-ring (bicyclic) bond motifs is 7. The van der Waals surface area contributed by atoms with E-state index in [4.69, 9.17) is 0 Å². The molecule has 2 nitrogen and oxygen atoms in total. The predicted octanol–water partition coefficient (Wildman–Crippen LogP) is 14.8. The topological polar surface area (TPSA) is 8.17 Å². The molecular weight excluding hydrogens is 677 g/mol. The zero-order chi connectivity index (χ0) is 37.1. The summed E-state index contributed by atoms with van der Waals surface area (Å²) in [4.78, 5) is 2.56. The van der Waals surface area contributed by atoms with Crippen molar-refractivity contribution >= 4 is 38.9 Å². The maximum absolute atomic E-state index is 2.56. The van der Waals surface area contributed by atoms with Crippen molar-refractivity contribution in [2.75, 3.05) is 4.90 Å². The third kappa shape index (κ3) is 5.24. The van der Waals surface area contributed by atoms with Gasteiger partial charge in [0.1, 0.15) is 0 Å². The van der Waals surface area contributed by atoms with Crippen LogP contribution >= 0.6 is 0 Å². The normalized spacial score (nSPS) is 14.5. The molecule has 11 rings (SSSR count). The summed E-state index contributed by atoms with van der Waals surface area (Å²) >= 11 is 0. The number of para-hydroxylation sites is 4. The minimum absolute atomic E-state index is 0.0316. The van der Waals surface area contributed by atoms with Crippen LogP contribution in [0, 0.1) is 0 Å². The summed E-state index contributed by atoms with van der Waals surface area (Å²) in [5.41, 5.74) is 17.5. The van der Waals surface area contributed by atoms with Crippen LogP contribution in [0.2, 0.25) is 0 Å². The third-order valence-corrected chi connectivity index (χ3v) is 12.5. The minimum Gasteiger partial charge on any atom is -0.310 e. The van der Waals surface area contributed by atoms with Crippen LogP contribution in [0.25, 0.3) is 60.9 Å². The molecule has 1 aliphatic carbocycles. The summed E-state index contributed by atoms with van der Waals surface area (Å²) in [7, 11) is 0. The molecule has 8 aromatic carbocycles. The number of benzene rings is 8. The number of hydrogen-bond donors (Lipinski definition) is 0. The van der Waals surface area contributed by atoms with Crippen LogP contribution in [0.5, 0.6) is 0 Å². The van der Waals surface area contributed by atoms with Crippen molar-refractivity contribution in [3.8, 4) is 39.1 Å². The quantitative estimate of drug-likeness (QED) is 0.172. The second kappa shape index (κ2) is 13.3. The van der Waals surface area contributed by atoms with E-state index < -0.39 is 0 Å². The van der Waals surface area contributed by atoms with Gasteiger partial charge in [-0.2, -0.15) is 0 Å². The Labute approximate surface area is 328 Å². The zero-order valence-electron chi connectivity index (χ0n) is 31.4. The SMILES string of the molecule is c1ccc(-c2cc(-c3ccccc3)cc(-c3cc(N4c5ccccc5C5(CCCCC5)c5ccccc54)cc(-n4c5ccccc5c5ccccc54)c3)c2)cc1. The molecule has 1 aliphatic heterocycles. The van der Waals surface area contributed by atoms with Crippen LogP contribution in [0.3, 0.4) is 0 Å². The molecular formula is C54H42N2. The molecule has 0 N–H and O–H groups in total. The van der Waals surface area contributed by atoms with E-state index in [2.05, 4.69) is 204 Å². The minimum atomic E-state index is 0.0316. The maximum Gasteiger partial charge on any atom is 0.0541 e. The highest BCUT2D eigenvalue weighted by atomic mass is 15.2. The molecule has 0 unspecified atom stereocenters. The Morgan fingerprint density at radius 2 is 0.768 bits per heavy atom. The first-order chi connectivity index (χ1) is 27.7. The smallest absolute Gasteiger partial charge is 0.0541 e. The van der Waals surface area contributed by atoms with E-state index in [0.29, 0.717) is 0 Å². The molecule has 0 bridgehead atoms. The molecule has 1 saturated carbocycles. The Morgan fingerprint density at radius 3 is 1.32 bits per heavy atom. The van der Waals surface area contributed by atoms with Gasteiger partial charge in [0.15, 0.2) is 0 Å². The highest BCUT2D eigenvalue weighted by molar-refractivity contribution is 6.09. The number of nitrogens with zero attached hydrogens (tertiary/aromatic N) is 2. The third-order valence-electron chi connectivity index (χ3n) is 12.5. The lowest BCUT2D eigenvalue weighted by atomic mass is 9.62. The molecule has 2 aliphatic rings. The molecule has 0 amide bonds. The molecule has 56 heavy (non-hydrogen) atoms. The lowest BCUT2D eigenvalue weighted by Crippen LogP contribution is -2.37. The van der Waals surface area contributed by atoms with E-state index in [9.17, 15) is 0 Å². The van der Waals surface area contributed by atoms with Gasteiger partial charge in [-0.05, 0) is 118 Å². The van der Waals surface area contributed by atoms with Gasteiger partial charge in [0.2, 0.25) is 0 Å². The number of anilines is 3. The van der Waals surface area contributed by atoms with Gasteiger partial charge in [-0.3, -0.25) is 0 Å². The first-order valence-corrected chi connectivity index (χ1v) is 20.1. The van der Waals surface area contributed by atoms with Gasteiger partial charge in [-0.1, -0.05) is 153 Å². The highest BCUT2D eigenvalue weighted by Gasteiger charge is 2.44. The lowest BCUT2D eigenvalue weighted by molar-refractivity contribution is 0.344. The molecule has 0 saturated heterocycles. The second-order valence-electron chi connectivity index (χ2n) is 15.7. The molecule has 2 heteroatoms. The molecule has 268 valence electrons. The fourth-order valence-electron chi connectivity index (χ4n) is 10.0. The Morgan fingerprint density at radius 1 is 0.339 bits per heavy atom. The van der Waals surface area contributed by atoms with E-state index >= 15 is 0 Å². The Kier molecular flexibility index (Phi) is 7.77. The van der Waals surface area contributed by atoms with Crippen molar-refractivity contribution in [3.63, 3.8) is 0 Å². The van der Waals surface area contributed by atoms with Crippen LogP contribution in [0.1, 0.15) is 43.2 Å². The van der Waals surface area contributed by atoms with Crippen molar-refractivity contribution in [3.05, 3.63) is 205 Å². The number of rotatable bonds is 5. The molecule has 0 atom stereocenters. The van der Waals surface area contributed by atoms with Gasteiger partial charge in [0.25, 0.3) is 0 Å². The van der Waals surface area contributed by atoms with Crippen LogP contribution in [-0.4, -0.2) is 4.57 Å². The molecule has 0 radical (unpaired) electrons. The summed E-state index contributed by atoms with van der Waals surface area (Å²) in [6.07, 6.45) is 6.22. The molecule has 2 heterocycles. The Balaban J connectivity index is 1.21. The van der Waals surface area contributed by atoms with Gasteiger partial charge >= 0.3 is 0 Å². The zero-order valence-corrected chi connectivity index (χ0v) is 31.4. The Hall–Kier alpha value is -6.64. The monoisotopic (exact) mass is 718 g/mol. The largest absolute Gasteiger partial charge is 0.310 e. The first kappa shape index (κ1) is 32.8. The standard InChI is InChI=1S/C54H42N2/c1-4-18-38(19-5-1)40-32-41(39-20-6-2-7-21-39)34-42(33-40)43-35-44(55-50-26-12-8-22-46(50)47-23-9-13-27-51(47)55)37-45(36-43)56-52-28-14-10-24-48(52)54(30-16-3-17-31-54)49-25-11-15-29-53(49)56/h1-2,4-15,18-29,32-37H,3,16-17,30-31H2. The molecule has 1 spiro atoms. The maximum atomic E-state index is 2.56. The van der Waals surface area contributed by atoms with Gasteiger partial charge in [-0.25, -0.2) is 0 Å². The van der Waals surface area contributed by atoms with E-state index in [1.165, 1.54) is 110 Å². The predicted molar refractivity (Wildman–Crippen MR) is 236 cm³/mol. The highest BCUT2D eigenvalue weighted by Crippen LogP contribution is 2.57. The average molecular weight is 719 g/mol. The van der Waals surface area contributed by atoms with Crippen molar-refractivity contribution in [2.45, 2.75) is 37.5 Å². The lowest BCUT2D eigenvalue weighted by Gasteiger charge is -2.47. The van der Waals surface area contributed by atoms with Gasteiger partial charge in [-0.15, -0.1) is 0 Å². The average Bonchev–Trinajstić information content (AvgIpc) is 3.62. The van der Waals surface area contributed by atoms with Crippen molar-refractivity contribution in [1.29, 1.82) is 0 Å². The van der Waals surface area contributed by atoms with Gasteiger partial charge < -0.3 is 9.47 Å². The summed E-state index contributed by atoms with van der Waals surface area (Å²) in [6, 6.07) is 72.2. The Bertz CT molecular complexity index is 2730. The molecule has 1 fully saturated rings. The van der Waals surface area contributed by atoms with Gasteiger partial charge in [0.05, 0.1) is 22.4 Å². The fraction of sp³-hybridized carbons (Fsp3) is 0.111. The second-order valence-corrected chi connectivity index (χ2v) is 15.7. The number of hydrogen-bond acceptors (Lipinski definition) is 1. The van der Waals surface area contributed by atoms with Crippen LogP contribution in [-0.2, 0) is 5.41 Å². The van der Waals surface area contributed by atoms with Crippen LogP contribution in [0.4, 0.5) is 17.1 Å². The number of aromatic nitrogens is 1. The van der Waals surface area contributed by atoms with Crippen molar-refractivity contribution < 1.29 is 0 Å². The summed E-state index contributed by atoms with van der Waals surface area (Å²) < 4.78 is 2.47. The fourth-order valence-corrected chi connectivity index (χ4v) is 10.0. The van der Waals surface area contributed by atoms with Crippen molar-refractivity contribution in [2.24, 2.45) is 0 Å². The summed E-state index contributed by atoms with van der Waals surface area (Å²) in [5.74, 6) is 0. The van der Waals surface area contributed by atoms with E-state index in [1.807, 2.05) is 0 Å². The van der Waals surface area contributed by atoms with Crippen LogP contribution < -0.4 is 4.90 Å². The summed E-state index contributed by atoms with van der Waals surface area (Å²) in [6.45, 7) is 0. The van der Waals surface area contributed by atoms with E-state index in [-0.39, 0.29) is 5.41 Å². The van der Waals surface area contributed by atoms with E-state index in [0.717, 1.165) is 11.4 Å². The van der Waals surface area contributed by atoms with Gasteiger partial charge in [0, 0.05) is 27.6 Å². The molecule has 9 aromatic rings. The van der Waals surface area contributed by atoms with Crippen molar-refractivity contribution in [1.82, 2.24) is 4.57 Å². The summed E-state index contributed by atoms with van der Waals surface area (Å²) in [5, 5.41) is 2.53. The molecule has 1 aromatic heterocycles. The van der Waals surface area contributed by atoms with Crippen LogP contribution in [0.15, 0.2) is 194 Å². The first-order valence-electron chi connectivity index (χ1n) is 20.1.